The third-order valence-corrected chi connectivity index (χ3v) is 3.34. The molecule has 0 radical (unpaired) electrons. The molecule has 0 heterocycles. The normalized spacial score (nSPS) is 19.4. The van der Waals surface area contributed by atoms with Gasteiger partial charge in [-0.3, -0.25) is 0 Å². The van der Waals surface area contributed by atoms with Crippen molar-refractivity contribution < 1.29 is 0 Å². The minimum Gasteiger partial charge on any atom is -0.311 e. The molecule has 88 valence electrons. The van der Waals surface area contributed by atoms with Crippen LogP contribution in [0.3, 0.4) is 0 Å². The van der Waals surface area contributed by atoms with Crippen molar-refractivity contribution in [1.29, 1.82) is 0 Å². The Hall–Kier alpha value is -0.820. The predicted octanol–water partition coefficient (Wildman–Crippen LogP) is 3.40. The van der Waals surface area contributed by atoms with Crippen LogP contribution in [-0.4, -0.2) is 12.1 Å². The highest BCUT2D eigenvalue weighted by molar-refractivity contribution is 5.15. The van der Waals surface area contributed by atoms with E-state index in [0.717, 1.165) is 12.3 Å². The molecule has 0 bridgehead atoms. The summed E-state index contributed by atoms with van der Waals surface area (Å²) in [7, 11) is 0. The summed E-state index contributed by atoms with van der Waals surface area (Å²) in [5.41, 5.74) is 1.43. The molecular formula is C15H23N. The highest BCUT2D eigenvalue weighted by atomic mass is 14.9. The Morgan fingerprint density at radius 3 is 2.44 bits per heavy atom. The van der Waals surface area contributed by atoms with Gasteiger partial charge in [-0.1, -0.05) is 43.2 Å². The van der Waals surface area contributed by atoms with E-state index in [1.54, 1.807) is 0 Å². The molecule has 1 aromatic rings. The van der Waals surface area contributed by atoms with Gasteiger partial charge < -0.3 is 5.32 Å². The summed E-state index contributed by atoms with van der Waals surface area (Å²) in [6.45, 7) is 4.61. The van der Waals surface area contributed by atoms with Gasteiger partial charge in [0, 0.05) is 12.1 Å². The van der Waals surface area contributed by atoms with Crippen LogP contribution < -0.4 is 5.32 Å². The Morgan fingerprint density at radius 1 is 1.12 bits per heavy atom. The third kappa shape index (κ3) is 3.97. The van der Waals surface area contributed by atoms with Gasteiger partial charge in [0.05, 0.1) is 0 Å². The summed E-state index contributed by atoms with van der Waals surface area (Å²) < 4.78 is 0. The number of hydrogen-bond acceptors (Lipinski definition) is 1. The molecule has 2 atom stereocenters. The number of benzene rings is 1. The highest BCUT2D eigenvalue weighted by Gasteiger charge is 2.23. The van der Waals surface area contributed by atoms with Crippen molar-refractivity contribution in [2.24, 2.45) is 5.92 Å². The summed E-state index contributed by atoms with van der Waals surface area (Å²) in [5.74, 6) is 1.02. The van der Waals surface area contributed by atoms with Crippen molar-refractivity contribution in [3.63, 3.8) is 0 Å². The second-order valence-corrected chi connectivity index (χ2v) is 5.34. The monoisotopic (exact) mass is 217 g/mol. The maximum Gasteiger partial charge on any atom is 0.00816 e. The van der Waals surface area contributed by atoms with Gasteiger partial charge >= 0.3 is 0 Å². The number of nitrogens with one attached hydrogen (secondary N) is 1. The smallest absolute Gasteiger partial charge is 0.00816 e. The van der Waals surface area contributed by atoms with E-state index in [1.807, 2.05) is 0 Å². The van der Waals surface area contributed by atoms with Crippen LogP contribution in [0.1, 0.15) is 38.7 Å². The second-order valence-electron chi connectivity index (χ2n) is 5.34. The molecule has 1 N–H and O–H groups in total. The summed E-state index contributed by atoms with van der Waals surface area (Å²) >= 11 is 0. The molecule has 1 aliphatic carbocycles. The van der Waals surface area contributed by atoms with E-state index >= 15 is 0 Å². The molecule has 1 aliphatic rings. The van der Waals surface area contributed by atoms with Crippen LogP contribution >= 0.6 is 0 Å². The summed E-state index contributed by atoms with van der Waals surface area (Å²) in [5, 5.41) is 3.70. The van der Waals surface area contributed by atoms with Crippen LogP contribution in [0.15, 0.2) is 30.3 Å². The average molecular weight is 217 g/mol. The molecule has 1 saturated carbocycles. The Labute approximate surface area is 99.3 Å². The molecule has 1 aromatic carbocycles. The minimum atomic E-state index is 0.580. The largest absolute Gasteiger partial charge is 0.311 e. The lowest BCUT2D eigenvalue weighted by Crippen LogP contribution is -2.36. The lowest BCUT2D eigenvalue weighted by molar-refractivity contribution is 0.428. The molecule has 0 spiro atoms. The average Bonchev–Trinajstić information content (AvgIpc) is 3.02. The third-order valence-electron chi connectivity index (χ3n) is 3.34. The lowest BCUT2D eigenvalue weighted by Gasteiger charge is -2.20. The van der Waals surface area contributed by atoms with Crippen LogP contribution in [0.25, 0.3) is 0 Å². The fourth-order valence-electron chi connectivity index (χ4n) is 2.43. The molecule has 1 fully saturated rings. The molecule has 16 heavy (non-hydrogen) atoms. The first-order valence-electron chi connectivity index (χ1n) is 6.54. The van der Waals surface area contributed by atoms with Crippen LogP contribution in [0.4, 0.5) is 0 Å². The van der Waals surface area contributed by atoms with E-state index < -0.39 is 0 Å². The SMILES string of the molecule is CC(Cc1ccccc1)NC(C)CC1CC1. The van der Waals surface area contributed by atoms with Gasteiger partial charge in [0.25, 0.3) is 0 Å². The quantitative estimate of drug-likeness (QED) is 0.770. The molecule has 1 heteroatoms. The zero-order valence-corrected chi connectivity index (χ0v) is 10.4. The first kappa shape index (κ1) is 11.7. The highest BCUT2D eigenvalue weighted by Crippen LogP contribution is 2.33. The molecule has 2 unspecified atom stereocenters. The first-order chi connectivity index (χ1) is 7.74. The Balaban J connectivity index is 1.72. The fraction of sp³-hybridized carbons (Fsp3) is 0.600. The van der Waals surface area contributed by atoms with E-state index in [-0.39, 0.29) is 0 Å². The Morgan fingerprint density at radius 2 is 1.81 bits per heavy atom. The van der Waals surface area contributed by atoms with Crippen molar-refractivity contribution in [3.05, 3.63) is 35.9 Å². The fourth-order valence-corrected chi connectivity index (χ4v) is 2.43. The molecule has 0 aliphatic heterocycles. The van der Waals surface area contributed by atoms with E-state index in [2.05, 4.69) is 49.5 Å². The zero-order valence-electron chi connectivity index (χ0n) is 10.4. The van der Waals surface area contributed by atoms with Gasteiger partial charge in [-0.25, -0.2) is 0 Å². The molecule has 0 amide bonds. The van der Waals surface area contributed by atoms with Crippen LogP contribution in [-0.2, 0) is 6.42 Å². The molecule has 1 nitrogen and oxygen atoms in total. The van der Waals surface area contributed by atoms with Gasteiger partial charge in [0.1, 0.15) is 0 Å². The summed E-state index contributed by atoms with van der Waals surface area (Å²) in [6, 6.07) is 12.0. The minimum absolute atomic E-state index is 0.580. The van der Waals surface area contributed by atoms with Crippen molar-refractivity contribution >= 4 is 0 Å². The maximum absolute atomic E-state index is 3.70. The Kier molecular flexibility index (Phi) is 4.00. The Bertz CT molecular complexity index is 302. The number of rotatable bonds is 6. The molecule has 0 aromatic heterocycles. The molecule has 0 saturated heterocycles. The maximum atomic E-state index is 3.70. The predicted molar refractivity (Wildman–Crippen MR) is 69.5 cm³/mol. The van der Waals surface area contributed by atoms with Crippen molar-refractivity contribution in [2.75, 3.05) is 0 Å². The van der Waals surface area contributed by atoms with Crippen molar-refractivity contribution in [2.45, 2.75) is 51.6 Å². The summed E-state index contributed by atoms with van der Waals surface area (Å²) in [6.07, 6.45) is 5.41. The van der Waals surface area contributed by atoms with Crippen LogP contribution in [0.2, 0.25) is 0 Å². The zero-order chi connectivity index (χ0) is 11.4. The van der Waals surface area contributed by atoms with Crippen LogP contribution in [0.5, 0.6) is 0 Å². The van der Waals surface area contributed by atoms with Crippen molar-refractivity contribution in [1.82, 2.24) is 5.32 Å². The van der Waals surface area contributed by atoms with Gasteiger partial charge in [-0.05, 0) is 38.2 Å². The van der Waals surface area contributed by atoms with E-state index in [9.17, 15) is 0 Å². The molecule has 2 rings (SSSR count). The topological polar surface area (TPSA) is 12.0 Å². The number of hydrogen-bond donors (Lipinski definition) is 1. The standard InChI is InChI=1S/C15H23N/c1-12(10-14-6-4-3-5-7-14)16-13(2)11-15-8-9-15/h3-7,12-13,15-16H,8-11H2,1-2H3. The van der Waals surface area contributed by atoms with Crippen LogP contribution in [0, 0.1) is 5.92 Å². The van der Waals surface area contributed by atoms with E-state index in [0.29, 0.717) is 12.1 Å². The van der Waals surface area contributed by atoms with Gasteiger partial charge in [0.15, 0.2) is 0 Å². The van der Waals surface area contributed by atoms with Crippen molar-refractivity contribution in [3.8, 4) is 0 Å². The summed E-state index contributed by atoms with van der Waals surface area (Å²) in [4.78, 5) is 0. The van der Waals surface area contributed by atoms with E-state index in [4.69, 9.17) is 0 Å². The van der Waals surface area contributed by atoms with E-state index in [1.165, 1.54) is 24.8 Å². The second kappa shape index (κ2) is 5.49. The van der Waals surface area contributed by atoms with Gasteiger partial charge in [0.2, 0.25) is 0 Å². The first-order valence-corrected chi connectivity index (χ1v) is 6.54. The lowest BCUT2D eigenvalue weighted by atomic mass is 10.1. The van der Waals surface area contributed by atoms with Gasteiger partial charge in [-0.15, -0.1) is 0 Å². The van der Waals surface area contributed by atoms with Gasteiger partial charge in [-0.2, -0.15) is 0 Å². The molecular weight excluding hydrogens is 194 g/mol.